The van der Waals surface area contributed by atoms with Crippen LogP contribution < -0.4 is 15.8 Å². The molecule has 1 amide bonds. The molecular weight excluding hydrogens is 315 g/mol. The normalized spacial score (nSPS) is 10.1. The van der Waals surface area contributed by atoms with Crippen molar-refractivity contribution in [1.82, 2.24) is 0 Å². The van der Waals surface area contributed by atoms with E-state index in [9.17, 15) is 14.0 Å². The Hall–Kier alpha value is -3.09. The molecule has 0 aromatic heterocycles. The summed E-state index contributed by atoms with van der Waals surface area (Å²) in [6.45, 7) is -0.625. The van der Waals surface area contributed by atoms with Gasteiger partial charge >= 0.3 is 5.97 Å². The predicted octanol–water partition coefficient (Wildman–Crippen LogP) is 2.66. The van der Waals surface area contributed by atoms with Crippen LogP contribution in [0.25, 0.3) is 0 Å². The topological polar surface area (TPSA) is 90.6 Å². The highest BCUT2D eigenvalue weighted by atomic mass is 19.1. The highest BCUT2D eigenvalue weighted by Crippen LogP contribution is 2.24. The van der Waals surface area contributed by atoms with Crippen LogP contribution in [0.4, 0.5) is 15.8 Å². The van der Waals surface area contributed by atoms with Crippen molar-refractivity contribution in [2.45, 2.75) is 0 Å². The summed E-state index contributed by atoms with van der Waals surface area (Å²) in [5.41, 5.74) is 6.86. The van der Waals surface area contributed by atoms with Crippen molar-refractivity contribution in [3.05, 3.63) is 53.6 Å². The number of ether oxygens (including phenoxy) is 2. The Kier molecular flexibility index (Phi) is 5.73. The molecule has 0 aliphatic carbocycles. The molecular formula is C17H17FN2O4. The van der Waals surface area contributed by atoms with E-state index in [1.807, 2.05) is 0 Å². The van der Waals surface area contributed by atoms with Gasteiger partial charge in [0.05, 0.1) is 24.0 Å². The first-order valence-corrected chi connectivity index (χ1v) is 7.13. The molecule has 0 fully saturated rings. The molecule has 0 heterocycles. The first-order valence-electron chi connectivity index (χ1n) is 7.13. The van der Waals surface area contributed by atoms with Gasteiger partial charge in [-0.25, -0.2) is 9.18 Å². The molecule has 0 unspecified atom stereocenters. The van der Waals surface area contributed by atoms with Crippen LogP contribution in [0.15, 0.2) is 42.5 Å². The first kappa shape index (κ1) is 17.3. The standard InChI is InChI=1S/C17H17FN2O4/c1-23-17(22)13-3-2-4-14(15(13)19)20-16(21)11-5-7-12(8-6-11)24-10-9-18/h2-8H,9-10,19H2,1H3,(H,20,21). The molecule has 2 rings (SSSR count). The van der Waals surface area contributed by atoms with E-state index in [0.29, 0.717) is 17.0 Å². The minimum Gasteiger partial charge on any atom is -0.491 e. The fourth-order valence-electron chi connectivity index (χ4n) is 2.02. The molecule has 126 valence electrons. The third kappa shape index (κ3) is 4.01. The highest BCUT2D eigenvalue weighted by Gasteiger charge is 2.15. The summed E-state index contributed by atoms with van der Waals surface area (Å²) >= 11 is 0. The third-order valence-corrected chi connectivity index (χ3v) is 3.22. The number of halogens is 1. The zero-order valence-corrected chi connectivity index (χ0v) is 13.0. The van der Waals surface area contributed by atoms with Gasteiger partial charge in [0, 0.05) is 5.56 Å². The smallest absolute Gasteiger partial charge is 0.340 e. The van der Waals surface area contributed by atoms with Crippen LogP contribution in [0.2, 0.25) is 0 Å². The molecule has 0 spiro atoms. The van der Waals surface area contributed by atoms with Gasteiger partial charge < -0.3 is 20.5 Å². The van der Waals surface area contributed by atoms with Crippen molar-refractivity contribution in [2.75, 3.05) is 31.4 Å². The second kappa shape index (κ2) is 7.96. The van der Waals surface area contributed by atoms with Crippen LogP contribution in [0, 0.1) is 0 Å². The molecule has 0 saturated carbocycles. The number of rotatable bonds is 6. The molecule has 3 N–H and O–H groups in total. The van der Waals surface area contributed by atoms with E-state index in [4.69, 9.17) is 10.5 Å². The Morgan fingerprint density at radius 2 is 1.88 bits per heavy atom. The van der Waals surface area contributed by atoms with Gasteiger partial charge in [-0.2, -0.15) is 0 Å². The lowest BCUT2D eigenvalue weighted by molar-refractivity contribution is 0.0601. The minimum atomic E-state index is -0.585. The number of esters is 1. The molecule has 0 bridgehead atoms. The van der Waals surface area contributed by atoms with E-state index in [2.05, 4.69) is 10.1 Å². The second-order valence-corrected chi connectivity index (χ2v) is 4.77. The van der Waals surface area contributed by atoms with Crippen molar-refractivity contribution in [3.8, 4) is 5.75 Å². The molecule has 24 heavy (non-hydrogen) atoms. The lowest BCUT2D eigenvalue weighted by atomic mass is 10.1. The Labute approximate surface area is 138 Å². The Morgan fingerprint density at radius 3 is 2.50 bits per heavy atom. The highest BCUT2D eigenvalue weighted by molar-refractivity contribution is 6.08. The van der Waals surface area contributed by atoms with Gasteiger partial charge in [0.1, 0.15) is 19.0 Å². The number of nitrogen functional groups attached to an aromatic ring is 1. The van der Waals surface area contributed by atoms with Crippen LogP contribution >= 0.6 is 0 Å². The third-order valence-electron chi connectivity index (χ3n) is 3.22. The summed E-state index contributed by atoms with van der Waals surface area (Å²) in [5.74, 6) is -0.518. The molecule has 0 radical (unpaired) electrons. The number of benzene rings is 2. The number of hydrogen-bond acceptors (Lipinski definition) is 5. The van der Waals surface area contributed by atoms with E-state index in [1.54, 1.807) is 36.4 Å². The number of methoxy groups -OCH3 is 1. The zero-order valence-electron chi connectivity index (χ0n) is 13.0. The summed E-state index contributed by atoms with van der Waals surface area (Å²) in [5, 5.41) is 2.64. The number of nitrogens with one attached hydrogen (secondary N) is 1. The van der Waals surface area contributed by atoms with Crippen molar-refractivity contribution in [3.63, 3.8) is 0 Å². The molecule has 0 atom stereocenters. The average molecular weight is 332 g/mol. The largest absolute Gasteiger partial charge is 0.491 e. The molecule has 0 aliphatic rings. The van der Waals surface area contributed by atoms with Crippen LogP contribution in [0.1, 0.15) is 20.7 Å². The molecule has 7 heteroatoms. The Morgan fingerprint density at radius 1 is 1.17 bits per heavy atom. The van der Waals surface area contributed by atoms with E-state index < -0.39 is 18.6 Å². The maximum Gasteiger partial charge on any atom is 0.340 e. The van der Waals surface area contributed by atoms with Gasteiger partial charge in [-0.3, -0.25) is 4.79 Å². The zero-order chi connectivity index (χ0) is 17.5. The molecule has 2 aromatic rings. The van der Waals surface area contributed by atoms with Crippen molar-refractivity contribution in [2.24, 2.45) is 0 Å². The Bertz CT molecular complexity index is 732. The monoisotopic (exact) mass is 332 g/mol. The molecule has 0 saturated heterocycles. The second-order valence-electron chi connectivity index (χ2n) is 4.77. The summed E-state index contributed by atoms with van der Waals surface area (Å²) in [6, 6.07) is 10.9. The van der Waals surface area contributed by atoms with Gasteiger partial charge in [-0.1, -0.05) is 6.07 Å². The number of para-hydroxylation sites is 1. The number of amides is 1. The van der Waals surface area contributed by atoms with Gasteiger partial charge in [0.15, 0.2) is 0 Å². The molecule has 6 nitrogen and oxygen atoms in total. The van der Waals surface area contributed by atoms with E-state index in [-0.39, 0.29) is 17.9 Å². The van der Waals surface area contributed by atoms with E-state index in [0.717, 1.165) is 0 Å². The van der Waals surface area contributed by atoms with Crippen LogP contribution in [-0.2, 0) is 4.74 Å². The number of hydrogen-bond donors (Lipinski definition) is 2. The lowest BCUT2D eigenvalue weighted by Crippen LogP contribution is -2.15. The van der Waals surface area contributed by atoms with Crippen LogP contribution in [-0.4, -0.2) is 32.3 Å². The summed E-state index contributed by atoms with van der Waals surface area (Å²) in [6.07, 6.45) is 0. The minimum absolute atomic E-state index is 0.0393. The first-order chi connectivity index (χ1) is 11.6. The van der Waals surface area contributed by atoms with Crippen LogP contribution in [0.3, 0.4) is 0 Å². The van der Waals surface area contributed by atoms with Gasteiger partial charge in [-0.15, -0.1) is 0 Å². The maximum absolute atomic E-state index is 12.3. The maximum atomic E-state index is 12.3. The van der Waals surface area contributed by atoms with E-state index >= 15 is 0 Å². The number of alkyl halides is 1. The SMILES string of the molecule is COC(=O)c1cccc(NC(=O)c2ccc(OCCF)cc2)c1N. The number of carbonyl (C=O) groups is 2. The quantitative estimate of drug-likeness (QED) is 0.627. The van der Waals surface area contributed by atoms with Crippen molar-refractivity contribution in [1.29, 1.82) is 0 Å². The number of carbonyl (C=O) groups excluding carboxylic acids is 2. The average Bonchev–Trinajstić information content (AvgIpc) is 2.61. The van der Waals surface area contributed by atoms with Crippen LogP contribution in [0.5, 0.6) is 5.75 Å². The fourth-order valence-corrected chi connectivity index (χ4v) is 2.02. The van der Waals surface area contributed by atoms with Gasteiger partial charge in [0.2, 0.25) is 0 Å². The van der Waals surface area contributed by atoms with Crippen molar-refractivity contribution < 1.29 is 23.5 Å². The van der Waals surface area contributed by atoms with Crippen molar-refractivity contribution >= 4 is 23.3 Å². The molecule has 2 aromatic carbocycles. The fraction of sp³-hybridized carbons (Fsp3) is 0.176. The molecule has 0 aliphatic heterocycles. The Balaban J connectivity index is 2.13. The number of nitrogens with two attached hydrogens (primary N) is 1. The van der Waals surface area contributed by atoms with Gasteiger partial charge in [-0.05, 0) is 36.4 Å². The summed E-state index contributed by atoms with van der Waals surface area (Å²) in [4.78, 5) is 23.9. The predicted molar refractivity (Wildman–Crippen MR) is 88.1 cm³/mol. The van der Waals surface area contributed by atoms with E-state index in [1.165, 1.54) is 13.2 Å². The summed E-state index contributed by atoms with van der Waals surface area (Å²) < 4.78 is 21.8. The van der Waals surface area contributed by atoms with Gasteiger partial charge in [0.25, 0.3) is 5.91 Å². The number of anilines is 2. The lowest BCUT2D eigenvalue weighted by Gasteiger charge is -2.11. The summed E-state index contributed by atoms with van der Waals surface area (Å²) in [7, 11) is 1.25.